The molecule has 0 fully saturated rings. The average Bonchev–Trinajstić information content (AvgIpc) is 3.29. The van der Waals surface area contributed by atoms with Gasteiger partial charge in [0, 0.05) is 11.4 Å². The van der Waals surface area contributed by atoms with Crippen molar-refractivity contribution in [2.45, 2.75) is 33.5 Å². The Hall–Kier alpha value is -1.94. The fourth-order valence-corrected chi connectivity index (χ4v) is 3.43. The third-order valence-corrected chi connectivity index (χ3v) is 4.97. The molecule has 2 aromatic heterocycles. The minimum Gasteiger partial charge on any atom is -0.357 e. The molecule has 0 spiro atoms. The second-order valence-electron chi connectivity index (χ2n) is 5.99. The van der Waals surface area contributed by atoms with Gasteiger partial charge in [0.25, 0.3) is 0 Å². The minimum atomic E-state index is 0. The van der Waals surface area contributed by atoms with Gasteiger partial charge in [-0.1, -0.05) is 24.3 Å². The first-order valence-electron chi connectivity index (χ1n) is 8.70. The highest BCUT2D eigenvalue weighted by molar-refractivity contribution is 14.0. The van der Waals surface area contributed by atoms with Gasteiger partial charge < -0.3 is 10.6 Å². The molecular formula is C19H25IN6S. The number of guanidine groups is 1. The molecule has 0 bridgehead atoms. The number of aryl methyl sites for hydroxylation is 1. The highest BCUT2D eigenvalue weighted by Gasteiger charge is 2.03. The standard InChI is InChI=1S/C19H24N6S.HI/c1-3-21-19(23-11-18-15(2)7-8-26-18)22-10-16-5-4-6-17(9-16)12-25-14-20-13-24-25;/h4-9,13-14H,3,10-12H2,1-2H3,(H2,21,22,23);1H. The molecule has 27 heavy (non-hydrogen) atoms. The largest absolute Gasteiger partial charge is 0.357 e. The molecule has 0 radical (unpaired) electrons. The van der Waals surface area contributed by atoms with E-state index in [1.54, 1.807) is 24.0 Å². The number of rotatable bonds is 7. The van der Waals surface area contributed by atoms with Crippen LogP contribution in [0, 0.1) is 6.92 Å². The maximum Gasteiger partial charge on any atom is 0.191 e. The number of benzene rings is 1. The second kappa shape index (κ2) is 11.0. The molecule has 8 heteroatoms. The predicted molar refractivity (Wildman–Crippen MR) is 122 cm³/mol. The predicted octanol–water partition coefficient (Wildman–Crippen LogP) is 3.57. The third-order valence-electron chi connectivity index (χ3n) is 3.95. The van der Waals surface area contributed by atoms with Crippen molar-refractivity contribution in [1.82, 2.24) is 25.4 Å². The lowest BCUT2D eigenvalue weighted by Crippen LogP contribution is -2.36. The van der Waals surface area contributed by atoms with E-state index in [4.69, 9.17) is 4.99 Å². The van der Waals surface area contributed by atoms with Crippen molar-refractivity contribution in [3.63, 3.8) is 0 Å². The van der Waals surface area contributed by atoms with Crippen LogP contribution in [-0.4, -0.2) is 27.3 Å². The fraction of sp³-hybridized carbons (Fsp3) is 0.316. The SMILES string of the molecule is CCNC(=NCc1cccc(Cn2cncn2)c1)NCc1sccc1C.I. The number of halogens is 1. The Balaban J connectivity index is 0.00000261. The van der Waals surface area contributed by atoms with Crippen LogP contribution in [0.15, 0.2) is 53.4 Å². The Labute approximate surface area is 181 Å². The molecule has 0 saturated carbocycles. The first-order chi connectivity index (χ1) is 12.7. The van der Waals surface area contributed by atoms with E-state index >= 15 is 0 Å². The van der Waals surface area contributed by atoms with Crippen LogP contribution in [0.4, 0.5) is 0 Å². The molecule has 3 rings (SSSR count). The Morgan fingerprint density at radius 2 is 2.07 bits per heavy atom. The minimum absolute atomic E-state index is 0. The van der Waals surface area contributed by atoms with Gasteiger partial charge in [0.2, 0.25) is 0 Å². The molecule has 6 nitrogen and oxygen atoms in total. The number of nitrogens with zero attached hydrogens (tertiary/aromatic N) is 4. The normalized spacial score (nSPS) is 11.1. The van der Waals surface area contributed by atoms with Gasteiger partial charge in [0.05, 0.1) is 19.6 Å². The van der Waals surface area contributed by atoms with Crippen LogP contribution in [-0.2, 0) is 19.6 Å². The van der Waals surface area contributed by atoms with Crippen LogP contribution >= 0.6 is 35.3 Å². The van der Waals surface area contributed by atoms with E-state index in [-0.39, 0.29) is 24.0 Å². The van der Waals surface area contributed by atoms with Crippen LogP contribution in [0.2, 0.25) is 0 Å². The number of hydrogen-bond acceptors (Lipinski definition) is 4. The zero-order valence-electron chi connectivity index (χ0n) is 15.6. The number of nitrogens with one attached hydrogen (secondary N) is 2. The van der Waals surface area contributed by atoms with Gasteiger partial charge in [0.15, 0.2) is 5.96 Å². The first kappa shape index (κ1) is 21.4. The summed E-state index contributed by atoms with van der Waals surface area (Å²) in [5, 5.41) is 13.0. The van der Waals surface area contributed by atoms with Crippen molar-refractivity contribution in [2.75, 3.05) is 6.54 Å². The smallest absolute Gasteiger partial charge is 0.191 e. The third kappa shape index (κ3) is 6.62. The molecule has 3 aromatic rings. The van der Waals surface area contributed by atoms with Crippen molar-refractivity contribution in [3.8, 4) is 0 Å². The van der Waals surface area contributed by atoms with Crippen molar-refractivity contribution in [3.05, 3.63) is 69.9 Å². The van der Waals surface area contributed by atoms with Crippen molar-refractivity contribution in [2.24, 2.45) is 4.99 Å². The maximum atomic E-state index is 4.72. The fourth-order valence-electron chi connectivity index (χ4n) is 2.59. The summed E-state index contributed by atoms with van der Waals surface area (Å²) in [5.41, 5.74) is 3.68. The second-order valence-corrected chi connectivity index (χ2v) is 6.99. The van der Waals surface area contributed by atoms with Gasteiger partial charge in [-0.15, -0.1) is 35.3 Å². The average molecular weight is 496 g/mol. The summed E-state index contributed by atoms with van der Waals surface area (Å²) < 4.78 is 1.82. The summed E-state index contributed by atoms with van der Waals surface area (Å²) in [5.74, 6) is 0.835. The Morgan fingerprint density at radius 3 is 2.78 bits per heavy atom. The highest BCUT2D eigenvalue weighted by Crippen LogP contribution is 2.14. The van der Waals surface area contributed by atoms with E-state index in [2.05, 4.69) is 70.3 Å². The Kier molecular flexibility index (Phi) is 8.73. The molecule has 0 amide bonds. The van der Waals surface area contributed by atoms with Crippen LogP contribution in [0.1, 0.15) is 28.5 Å². The van der Waals surface area contributed by atoms with Crippen LogP contribution in [0.25, 0.3) is 0 Å². The van der Waals surface area contributed by atoms with E-state index in [9.17, 15) is 0 Å². The molecule has 144 valence electrons. The molecule has 0 aliphatic carbocycles. The summed E-state index contributed by atoms with van der Waals surface area (Å²) in [7, 11) is 0. The number of hydrogen-bond donors (Lipinski definition) is 2. The maximum absolute atomic E-state index is 4.72. The van der Waals surface area contributed by atoms with Crippen molar-refractivity contribution in [1.29, 1.82) is 0 Å². The highest BCUT2D eigenvalue weighted by atomic mass is 127. The van der Waals surface area contributed by atoms with E-state index in [1.165, 1.54) is 21.6 Å². The summed E-state index contributed by atoms with van der Waals surface area (Å²) in [6, 6.07) is 10.6. The van der Waals surface area contributed by atoms with Gasteiger partial charge in [-0.2, -0.15) is 5.10 Å². The number of aromatic nitrogens is 3. The zero-order valence-corrected chi connectivity index (χ0v) is 18.7. The summed E-state index contributed by atoms with van der Waals surface area (Å²) >= 11 is 1.77. The Bertz CT molecular complexity index is 844. The lowest BCUT2D eigenvalue weighted by Gasteiger charge is -2.11. The first-order valence-corrected chi connectivity index (χ1v) is 9.58. The van der Waals surface area contributed by atoms with E-state index in [0.717, 1.165) is 19.0 Å². The summed E-state index contributed by atoms with van der Waals surface area (Å²) in [6.07, 6.45) is 3.28. The number of thiophene rings is 1. The monoisotopic (exact) mass is 496 g/mol. The van der Waals surface area contributed by atoms with Crippen LogP contribution in [0.5, 0.6) is 0 Å². The molecule has 0 aliphatic heterocycles. The van der Waals surface area contributed by atoms with Crippen molar-refractivity contribution >= 4 is 41.3 Å². The zero-order chi connectivity index (χ0) is 18.2. The summed E-state index contributed by atoms with van der Waals surface area (Å²) in [4.78, 5) is 10.0. The quantitative estimate of drug-likeness (QED) is 0.298. The molecule has 0 saturated heterocycles. The van der Waals surface area contributed by atoms with Gasteiger partial charge >= 0.3 is 0 Å². The molecule has 0 unspecified atom stereocenters. The van der Waals surface area contributed by atoms with E-state index in [0.29, 0.717) is 13.1 Å². The Morgan fingerprint density at radius 1 is 1.22 bits per heavy atom. The van der Waals surface area contributed by atoms with E-state index < -0.39 is 0 Å². The van der Waals surface area contributed by atoms with E-state index in [1.807, 2.05) is 4.68 Å². The molecule has 2 N–H and O–H groups in total. The molecule has 0 aliphatic rings. The van der Waals surface area contributed by atoms with Gasteiger partial charge in [-0.25, -0.2) is 14.7 Å². The van der Waals surface area contributed by atoms with Gasteiger partial charge in [0.1, 0.15) is 12.7 Å². The van der Waals surface area contributed by atoms with Gasteiger partial charge in [-0.3, -0.25) is 0 Å². The summed E-state index contributed by atoms with van der Waals surface area (Å²) in [6.45, 7) is 7.19. The van der Waals surface area contributed by atoms with Crippen molar-refractivity contribution < 1.29 is 0 Å². The molecular weight excluding hydrogens is 471 g/mol. The molecule has 2 heterocycles. The molecule has 1 aromatic carbocycles. The van der Waals surface area contributed by atoms with Crippen LogP contribution < -0.4 is 10.6 Å². The van der Waals surface area contributed by atoms with Gasteiger partial charge in [-0.05, 0) is 42.0 Å². The topological polar surface area (TPSA) is 67.1 Å². The lowest BCUT2D eigenvalue weighted by molar-refractivity contribution is 0.684. The van der Waals surface area contributed by atoms with Crippen LogP contribution in [0.3, 0.4) is 0 Å². The number of aliphatic imine (C=N–C) groups is 1. The lowest BCUT2D eigenvalue weighted by atomic mass is 10.1. The molecule has 0 atom stereocenters.